The standard InChI is InChI=1S/C18H20N4O3/c23-17(16-5-2-10-25-16)21-14-3-1-4-15(11-14)22-18(24)20-12-13-6-8-19-9-7-13/h1,3-4,6-9,11,16H,2,5,10,12H2,(H,21,23)(H2,20,22,24). The molecule has 7 heteroatoms. The number of anilines is 2. The lowest BCUT2D eigenvalue weighted by molar-refractivity contribution is -0.124. The quantitative estimate of drug-likeness (QED) is 0.780. The topological polar surface area (TPSA) is 92.4 Å². The van der Waals surface area contributed by atoms with Gasteiger partial charge in [-0.25, -0.2) is 4.79 Å². The fourth-order valence-corrected chi connectivity index (χ4v) is 2.54. The smallest absolute Gasteiger partial charge is 0.319 e. The van der Waals surface area contributed by atoms with Crippen molar-refractivity contribution in [1.82, 2.24) is 10.3 Å². The number of aromatic nitrogens is 1. The number of urea groups is 1. The van der Waals surface area contributed by atoms with Crippen molar-refractivity contribution in [3.8, 4) is 0 Å². The van der Waals surface area contributed by atoms with Crippen molar-refractivity contribution < 1.29 is 14.3 Å². The predicted octanol–water partition coefficient (Wildman–Crippen LogP) is 2.52. The molecule has 1 atom stereocenters. The zero-order valence-electron chi connectivity index (χ0n) is 13.7. The molecule has 1 fully saturated rings. The molecule has 1 aliphatic rings. The monoisotopic (exact) mass is 340 g/mol. The van der Waals surface area contributed by atoms with Crippen molar-refractivity contribution in [3.63, 3.8) is 0 Å². The Kier molecular flexibility index (Phi) is 5.58. The highest BCUT2D eigenvalue weighted by Crippen LogP contribution is 2.18. The summed E-state index contributed by atoms with van der Waals surface area (Å²) in [4.78, 5) is 28.0. The minimum atomic E-state index is -0.389. The number of ether oxygens (including phenoxy) is 1. The first kappa shape index (κ1) is 16.9. The van der Waals surface area contributed by atoms with E-state index in [0.717, 1.165) is 18.4 Å². The van der Waals surface area contributed by atoms with Gasteiger partial charge in [0.2, 0.25) is 0 Å². The largest absolute Gasteiger partial charge is 0.368 e. The van der Waals surface area contributed by atoms with Crippen molar-refractivity contribution in [2.75, 3.05) is 17.2 Å². The van der Waals surface area contributed by atoms with E-state index in [9.17, 15) is 9.59 Å². The summed E-state index contributed by atoms with van der Waals surface area (Å²) >= 11 is 0. The molecule has 3 N–H and O–H groups in total. The Morgan fingerprint density at radius 3 is 2.60 bits per heavy atom. The molecule has 0 radical (unpaired) electrons. The van der Waals surface area contributed by atoms with Crippen LogP contribution in [-0.2, 0) is 16.1 Å². The van der Waals surface area contributed by atoms with Crippen LogP contribution in [0.1, 0.15) is 18.4 Å². The van der Waals surface area contributed by atoms with E-state index in [-0.39, 0.29) is 18.0 Å². The van der Waals surface area contributed by atoms with Crippen molar-refractivity contribution >= 4 is 23.3 Å². The Labute approximate surface area is 145 Å². The Morgan fingerprint density at radius 2 is 1.88 bits per heavy atom. The lowest BCUT2D eigenvalue weighted by Gasteiger charge is -2.12. The number of rotatable bonds is 5. The highest BCUT2D eigenvalue weighted by Gasteiger charge is 2.23. The van der Waals surface area contributed by atoms with Crippen LogP contribution in [0.25, 0.3) is 0 Å². The number of pyridine rings is 1. The van der Waals surface area contributed by atoms with Gasteiger partial charge in [-0.05, 0) is 48.7 Å². The second-order valence-corrected chi connectivity index (χ2v) is 5.73. The van der Waals surface area contributed by atoms with Crippen LogP contribution in [0.4, 0.5) is 16.2 Å². The Balaban J connectivity index is 1.52. The van der Waals surface area contributed by atoms with Crippen molar-refractivity contribution in [1.29, 1.82) is 0 Å². The van der Waals surface area contributed by atoms with Gasteiger partial charge in [-0.1, -0.05) is 6.07 Å². The maximum Gasteiger partial charge on any atom is 0.319 e. The van der Waals surface area contributed by atoms with E-state index >= 15 is 0 Å². The van der Waals surface area contributed by atoms with E-state index < -0.39 is 0 Å². The van der Waals surface area contributed by atoms with Gasteiger partial charge < -0.3 is 20.7 Å². The molecule has 25 heavy (non-hydrogen) atoms. The molecule has 1 aromatic carbocycles. The number of carbonyl (C=O) groups is 2. The van der Waals surface area contributed by atoms with E-state index in [1.807, 2.05) is 12.1 Å². The van der Waals surface area contributed by atoms with Crippen LogP contribution in [0.15, 0.2) is 48.8 Å². The van der Waals surface area contributed by atoms with Gasteiger partial charge in [-0.15, -0.1) is 0 Å². The van der Waals surface area contributed by atoms with Crippen LogP contribution >= 0.6 is 0 Å². The fraction of sp³-hybridized carbons (Fsp3) is 0.278. The molecule has 1 aliphatic heterocycles. The Bertz CT molecular complexity index is 730. The number of hydrogen-bond donors (Lipinski definition) is 3. The lowest BCUT2D eigenvalue weighted by atomic mass is 10.2. The summed E-state index contributed by atoms with van der Waals surface area (Å²) in [5.41, 5.74) is 2.17. The molecule has 1 saturated heterocycles. The van der Waals surface area contributed by atoms with E-state index in [0.29, 0.717) is 24.5 Å². The lowest BCUT2D eigenvalue weighted by Crippen LogP contribution is -2.28. The summed E-state index contributed by atoms with van der Waals surface area (Å²) in [6.07, 6.45) is 4.60. The Morgan fingerprint density at radius 1 is 1.12 bits per heavy atom. The third-order valence-electron chi connectivity index (χ3n) is 3.81. The molecule has 3 rings (SSSR count). The molecule has 3 amide bonds. The van der Waals surface area contributed by atoms with Crippen molar-refractivity contribution in [2.45, 2.75) is 25.5 Å². The fourth-order valence-electron chi connectivity index (χ4n) is 2.54. The maximum absolute atomic E-state index is 12.1. The second-order valence-electron chi connectivity index (χ2n) is 5.73. The summed E-state index contributed by atoms with van der Waals surface area (Å²) in [5.74, 6) is -0.156. The average molecular weight is 340 g/mol. The molecular formula is C18H20N4O3. The number of amides is 3. The average Bonchev–Trinajstić information content (AvgIpc) is 3.16. The van der Waals surface area contributed by atoms with E-state index in [2.05, 4.69) is 20.9 Å². The molecule has 1 aromatic heterocycles. The summed E-state index contributed by atoms with van der Waals surface area (Å²) in [7, 11) is 0. The summed E-state index contributed by atoms with van der Waals surface area (Å²) in [5, 5.41) is 8.33. The zero-order valence-corrected chi connectivity index (χ0v) is 13.7. The number of hydrogen-bond acceptors (Lipinski definition) is 4. The molecule has 1 unspecified atom stereocenters. The molecule has 0 spiro atoms. The molecular weight excluding hydrogens is 320 g/mol. The van der Waals surface area contributed by atoms with E-state index in [1.54, 1.807) is 36.7 Å². The first-order valence-electron chi connectivity index (χ1n) is 8.17. The van der Waals surface area contributed by atoms with Gasteiger partial charge in [-0.3, -0.25) is 9.78 Å². The van der Waals surface area contributed by atoms with Gasteiger partial charge >= 0.3 is 6.03 Å². The summed E-state index contributed by atoms with van der Waals surface area (Å²) < 4.78 is 5.36. The van der Waals surface area contributed by atoms with Gasteiger partial charge in [0, 0.05) is 36.9 Å². The number of benzene rings is 1. The van der Waals surface area contributed by atoms with Gasteiger partial charge in [-0.2, -0.15) is 0 Å². The van der Waals surface area contributed by atoms with Crippen LogP contribution < -0.4 is 16.0 Å². The second kappa shape index (κ2) is 8.25. The molecule has 0 saturated carbocycles. The first-order chi connectivity index (χ1) is 12.2. The highest BCUT2D eigenvalue weighted by atomic mass is 16.5. The first-order valence-corrected chi connectivity index (χ1v) is 8.17. The SMILES string of the molecule is O=C(NCc1ccncc1)Nc1cccc(NC(=O)C2CCCO2)c1. The molecule has 130 valence electrons. The third kappa shape index (κ3) is 5.02. The molecule has 7 nitrogen and oxygen atoms in total. The molecule has 0 bridgehead atoms. The van der Waals surface area contributed by atoms with Crippen LogP contribution in [0.5, 0.6) is 0 Å². The minimum Gasteiger partial charge on any atom is -0.368 e. The number of nitrogens with zero attached hydrogens (tertiary/aromatic N) is 1. The number of nitrogens with one attached hydrogen (secondary N) is 3. The Hall–Kier alpha value is -2.93. The third-order valence-corrected chi connectivity index (χ3v) is 3.81. The number of carbonyl (C=O) groups excluding carboxylic acids is 2. The molecule has 2 aromatic rings. The van der Waals surface area contributed by atoms with E-state index in [4.69, 9.17) is 4.74 Å². The van der Waals surface area contributed by atoms with E-state index in [1.165, 1.54) is 0 Å². The molecule has 0 aliphatic carbocycles. The predicted molar refractivity (Wildman–Crippen MR) is 94.1 cm³/mol. The minimum absolute atomic E-state index is 0.156. The van der Waals surface area contributed by atoms with Crippen molar-refractivity contribution in [3.05, 3.63) is 54.4 Å². The van der Waals surface area contributed by atoms with Crippen LogP contribution in [-0.4, -0.2) is 29.6 Å². The summed E-state index contributed by atoms with van der Waals surface area (Å²) in [6.45, 7) is 1.03. The normalized spacial score (nSPS) is 16.2. The van der Waals surface area contributed by atoms with Crippen LogP contribution in [0.2, 0.25) is 0 Å². The zero-order chi connectivity index (χ0) is 17.5. The summed E-state index contributed by atoms with van der Waals surface area (Å²) in [6, 6.07) is 10.4. The van der Waals surface area contributed by atoms with Gasteiger partial charge in [0.15, 0.2) is 0 Å². The molecule has 2 heterocycles. The van der Waals surface area contributed by atoms with Gasteiger partial charge in [0.05, 0.1) is 0 Å². The van der Waals surface area contributed by atoms with Gasteiger partial charge in [0.25, 0.3) is 5.91 Å². The van der Waals surface area contributed by atoms with Crippen LogP contribution in [0, 0.1) is 0 Å². The van der Waals surface area contributed by atoms with Crippen molar-refractivity contribution in [2.24, 2.45) is 0 Å². The van der Waals surface area contributed by atoms with Gasteiger partial charge in [0.1, 0.15) is 6.10 Å². The maximum atomic E-state index is 12.1. The van der Waals surface area contributed by atoms with Crippen LogP contribution in [0.3, 0.4) is 0 Å². The highest BCUT2D eigenvalue weighted by molar-refractivity contribution is 5.95.